The summed E-state index contributed by atoms with van der Waals surface area (Å²) in [5, 5.41) is 12.0. The van der Waals surface area contributed by atoms with E-state index >= 15 is 0 Å². The summed E-state index contributed by atoms with van der Waals surface area (Å²) < 4.78 is 5.39. The van der Waals surface area contributed by atoms with Crippen molar-refractivity contribution >= 4 is 23.1 Å². The van der Waals surface area contributed by atoms with Crippen LogP contribution in [0.4, 0.5) is 5.69 Å². The van der Waals surface area contributed by atoms with Gasteiger partial charge in [0, 0.05) is 43.6 Å². The lowest BCUT2D eigenvalue weighted by atomic mass is 9.85. The molecular weight excluding hydrogens is 468 g/mol. The first kappa shape index (κ1) is 25.2. The number of likely N-dealkylation sites (tertiary alicyclic amines) is 1. The lowest BCUT2D eigenvalue weighted by Gasteiger charge is -2.35. The fourth-order valence-electron chi connectivity index (χ4n) is 5.46. The number of carbonyl (C=O) groups is 2. The zero-order valence-corrected chi connectivity index (χ0v) is 21.2. The monoisotopic (exact) mass is 502 g/mol. The number of amides is 2. The molecule has 2 aromatic rings. The number of aromatic amines is 1. The number of hydrogen-bond acceptors (Lipinski definition) is 6. The molecule has 0 spiro atoms. The number of H-pyrrole nitrogens is 1. The molecule has 0 bridgehead atoms. The number of nitrogens with one attached hydrogen (secondary N) is 2. The molecule has 2 amide bonds. The number of allylic oxidation sites excluding steroid dienone is 2. The van der Waals surface area contributed by atoms with Gasteiger partial charge in [0.25, 0.3) is 5.91 Å². The predicted octanol–water partition coefficient (Wildman–Crippen LogP) is 3.53. The number of hydrogen-bond donors (Lipinski definition) is 2. The number of rotatable bonds is 6. The van der Waals surface area contributed by atoms with Crippen molar-refractivity contribution in [3.05, 3.63) is 53.1 Å². The Labute approximate surface area is 217 Å². The minimum absolute atomic E-state index is 0.123. The number of piperidine rings is 1. The number of morpholine rings is 1. The van der Waals surface area contributed by atoms with E-state index < -0.39 is 0 Å². The van der Waals surface area contributed by atoms with Gasteiger partial charge in [-0.25, -0.2) is 4.98 Å². The highest BCUT2D eigenvalue weighted by Gasteiger charge is 2.26. The van der Waals surface area contributed by atoms with Crippen LogP contribution in [0.1, 0.15) is 71.9 Å². The third-order valence-corrected chi connectivity index (χ3v) is 7.62. The fraction of sp³-hybridized carbons (Fsp3) is 0.500. The second kappa shape index (κ2) is 11.7. The third kappa shape index (κ3) is 6.09. The van der Waals surface area contributed by atoms with Gasteiger partial charge >= 0.3 is 0 Å². The average Bonchev–Trinajstić information content (AvgIpc) is 3.44. The standard InChI is InChI=1S/C28H34N6O3/c29-17-23-18-30-27(31-23)28(36)32-25-7-6-22(16-24(25)21-4-2-1-3-5-21)20-8-10-34(11-9-20)26(35)19-33-12-14-37-15-13-33/h4,6-7,16,18,20H,1-3,5,8-15,19H2,(H,30,31)(H,32,36). The molecule has 0 radical (unpaired) electrons. The van der Waals surface area contributed by atoms with Gasteiger partial charge in [-0.05, 0) is 67.7 Å². The first-order valence-corrected chi connectivity index (χ1v) is 13.3. The van der Waals surface area contributed by atoms with Crippen LogP contribution in [0.15, 0.2) is 30.5 Å². The van der Waals surface area contributed by atoms with Crippen molar-refractivity contribution in [2.24, 2.45) is 0 Å². The maximum absolute atomic E-state index is 12.8. The van der Waals surface area contributed by atoms with Gasteiger partial charge in [-0.3, -0.25) is 14.5 Å². The highest BCUT2D eigenvalue weighted by molar-refractivity contribution is 6.03. The number of anilines is 1. The highest BCUT2D eigenvalue weighted by Crippen LogP contribution is 2.36. The van der Waals surface area contributed by atoms with Gasteiger partial charge in [-0.2, -0.15) is 5.26 Å². The van der Waals surface area contributed by atoms with Crippen LogP contribution >= 0.6 is 0 Å². The van der Waals surface area contributed by atoms with Gasteiger partial charge in [0.15, 0.2) is 11.5 Å². The zero-order valence-electron chi connectivity index (χ0n) is 21.2. The van der Waals surface area contributed by atoms with Gasteiger partial charge in [0.1, 0.15) is 6.07 Å². The first-order chi connectivity index (χ1) is 18.1. The summed E-state index contributed by atoms with van der Waals surface area (Å²) in [7, 11) is 0. The molecule has 5 rings (SSSR count). The van der Waals surface area contributed by atoms with Gasteiger partial charge in [0.2, 0.25) is 5.91 Å². The molecule has 2 fully saturated rings. The Bertz CT molecular complexity index is 1200. The molecule has 2 N–H and O–H groups in total. The van der Waals surface area contributed by atoms with Crippen LogP contribution in [0.2, 0.25) is 0 Å². The van der Waals surface area contributed by atoms with Crippen molar-refractivity contribution in [2.45, 2.75) is 44.4 Å². The Morgan fingerprint density at radius 1 is 1.16 bits per heavy atom. The van der Waals surface area contributed by atoms with E-state index in [1.807, 2.05) is 17.0 Å². The van der Waals surface area contributed by atoms with Crippen molar-refractivity contribution < 1.29 is 14.3 Å². The van der Waals surface area contributed by atoms with Gasteiger partial charge in [-0.1, -0.05) is 12.1 Å². The summed E-state index contributed by atoms with van der Waals surface area (Å²) in [4.78, 5) is 36.6. The molecule has 2 saturated heterocycles. The summed E-state index contributed by atoms with van der Waals surface area (Å²) in [5.41, 5.74) is 4.52. The van der Waals surface area contributed by atoms with E-state index in [1.54, 1.807) is 0 Å². The summed E-state index contributed by atoms with van der Waals surface area (Å²) in [6.45, 7) is 5.06. The summed E-state index contributed by atoms with van der Waals surface area (Å²) in [5.74, 6) is 0.352. The molecule has 2 aliphatic heterocycles. The zero-order chi connectivity index (χ0) is 25.6. The molecule has 194 valence electrons. The van der Waals surface area contributed by atoms with Gasteiger partial charge in [-0.15, -0.1) is 0 Å². The van der Waals surface area contributed by atoms with Crippen molar-refractivity contribution in [1.29, 1.82) is 5.26 Å². The number of benzene rings is 1. The predicted molar refractivity (Wildman–Crippen MR) is 140 cm³/mol. The third-order valence-electron chi connectivity index (χ3n) is 7.62. The van der Waals surface area contributed by atoms with Crippen molar-refractivity contribution in [3.8, 4) is 6.07 Å². The van der Waals surface area contributed by atoms with E-state index in [0.717, 1.165) is 69.5 Å². The first-order valence-electron chi connectivity index (χ1n) is 13.3. The molecule has 0 unspecified atom stereocenters. The Hall–Kier alpha value is -3.48. The van der Waals surface area contributed by atoms with E-state index in [0.29, 0.717) is 25.7 Å². The fourth-order valence-corrected chi connectivity index (χ4v) is 5.46. The quantitative estimate of drug-likeness (QED) is 0.625. The number of imidazole rings is 1. The van der Waals surface area contributed by atoms with E-state index in [1.165, 1.54) is 23.8 Å². The Kier molecular flexibility index (Phi) is 7.97. The second-order valence-electron chi connectivity index (χ2n) is 10.0. The Balaban J connectivity index is 1.28. The van der Waals surface area contributed by atoms with Crippen LogP contribution in [0.5, 0.6) is 0 Å². The van der Waals surface area contributed by atoms with Crippen LogP contribution in [0.3, 0.4) is 0 Å². The Morgan fingerprint density at radius 3 is 2.68 bits per heavy atom. The molecule has 1 aromatic carbocycles. The van der Waals surface area contributed by atoms with E-state index in [2.05, 4.69) is 38.4 Å². The number of ether oxygens (including phenoxy) is 1. The van der Waals surface area contributed by atoms with Crippen LogP contribution in [0, 0.1) is 11.3 Å². The summed E-state index contributed by atoms with van der Waals surface area (Å²) >= 11 is 0. The molecule has 0 saturated carbocycles. The minimum Gasteiger partial charge on any atom is -0.379 e. The van der Waals surface area contributed by atoms with Gasteiger partial charge in [0.05, 0.1) is 19.8 Å². The van der Waals surface area contributed by atoms with Crippen LogP contribution in [-0.2, 0) is 9.53 Å². The average molecular weight is 503 g/mol. The smallest absolute Gasteiger partial charge is 0.291 e. The lowest BCUT2D eigenvalue weighted by Crippen LogP contribution is -2.46. The topological polar surface area (TPSA) is 114 Å². The van der Waals surface area contributed by atoms with E-state index in [-0.39, 0.29) is 23.3 Å². The van der Waals surface area contributed by atoms with Gasteiger partial charge < -0.3 is 19.9 Å². The van der Waals surface area contributed by atoms with Crippen molar-refractivity contribution in [2.75, 3.05) is 51.3 Å². The van der Waals surface area contributed by atoms with E-state index in [4.69, 9.17) is 10.00 Å². The molecule has 9 heteroatoms. The van der Waals surface area contributed by atoms with Crippen LogP contribution in [-0.4, -0.2) is 77.5 Å². The molecule has 1 aromatic heterocycles. The van der Waals surface area contributed by atoms with Crippen LogP contribution in [0.25, 0.3) is 5.57 Å². The van der Waals surface area contributed by atoms with Crippen molar-refractivity contribution in [1.82, 2.24) is 19.8 Å². The molecule has 3 heterocycles. The maximum Gasteiger partial charge on any atom is 0.291 e. The molecule has 0 atom stereocenters. The lowest BCUT2D eigenvalue weighted by molar-refractivity contribution is -0.134. The number of aromatic nitrogens is 2. The summed E-state index contributed by atoms with van der Waals surface area (Å²) in [6.07, 6.45) is 9.93. The summed E-state index contributed by atoms with van der Waals surface area (Å²) in [6, 6.07) is 8.25. The molecule has 9 nitrogen and oxygen atoms in total. The molecular formula is C28H34N6O3. The SMILES string of the molecule is N#Cc1c[nH]c(C(=O)Nc2ccc(C3CCN(C(=O)CN4CCOCC4)CC3)cc2C2=CCCCC2)n1. The second-order valence-corrected chi connectivity index (χ2v) is 10.0. The van der Waals surface area contributed by atoms with Crippen LogP contribution < -0.4 is 5.32 Å². The number of nitrogens with zero attached hydrogens (tertiary/aromatic N) is 4. The van der Waals surface area contributed by atoms with E-state index in [9.17, 15) is 9.59 Å². The maximum atomic E-state index is 12.8. The molecule has 3 aliphatic rings. The number of nitriles is 1. The van der Waals surface area contributed by atoms with Crippen molar-refractivity contribution in [3.63, 3.8) is 0 Å². The highest BCUT2D eigenvalue weighted by atomic mass is 16.5. The largest absolute Gasteiger partial charge is 0.379 e. The number of carbonyl (C=O) groups excluding carboxylic acids is 2. The minimum atomic E-state index is -0.362. The molecule has 37 heavy (non-hydrogen) atoms. The molecule has 1 aliphatic carbocycles. The normalized spacial score (nSPS) is 19.2. The Morgan fingerprint density at radius 2 is 1.97 bits per heavy atom.